The van der Waals surface area contributed by atoms with Crippen molar-refractivity contribution in [3.8, 4) is 11.8 Å². The lowest BCUT2D eigenvalue weighted by atomic mass is 10.0. The zero-order valence-electron chi connectivity index (χ0n) is 12.8. The molecule has 3 heteroatoms. The largest absolute Gasteiger partial charge is 0.339 e. The molecule has 1 aromatic rings. The van der Waals surface area contributed by atoms with Crippen molar-refractivity contribution in [2.45, 2.75) is 39.0 Å². The van der Waals surface area contributed by atoms with E-state index in [1.807, 2.05) is 30.0 Å². The molecule has 0 spiro atoms. The molecule has 0 atom stereocenters. The Hall–Kier alpha value is -1.79. The number of hydrogen-bond donors (Lipinski definition) is 1. The van der Waals surface area contributed by atoms with Gasteiger partial charge in [0.1, 0.15) is 0 Å². The molecule has 0 bridgehead atoms. The number of nitrogens with zero attached hydrogens (tertiary/aromatic N) is 1. The van der Waals surface area contributed by atoms with E-state index in [2.05, 4.69) is 11.8 Å². The molecule has 1 fully saturated rings. The van der Waals surface area contributed by atoms with Crippen molar-refractivity contribution in [2.75, 3.05) is 19.6 Å². The smallest absolute Gasteiger partial charge is 0.255 e. The zero-order valence-corrected chi connectivity index (χ0v) is 12.8. The topological polar surface area (TPSA) is 46.3 Å². The Morgan fingerprint density at radius 3 is 2.52 bits per heavy atom. The van der Waals surface area contributed by atoms with Gasteiger partial charge in [0.25, 0.3) is 5.91 Å². The summed E-state index contributed by atoms with van der Waals surface area (Å²) in [5.74, 6) is 5.99. The molecule has 0 radical (unpaired) electrons. The molecule has 1 aliphatic heterocycles. The number of nitrogens with two attached hydrogens (primary N) is 1. The van der Waals surface area contributed by atoms with Crippen LogP contribution >= 0.6 is 0 Å². The Balaban J connectivity index is 2.25. The number of rotatable bonds is 1. The van der Waals surface area contributed by atoms with E-state index < -0.39 is 0 Å². The highest BCUT2D eigenvalue weighted by Gasteiger charge is 2.19. The third-order valence-corrected chi connectivity index (χ3v) is 3.87. The van der Waals surface area contributed by atoms with Gasteiger partial charge >= 0.3 is 0 Å². The molecule has 0 unspecified atom stereocenters. The summed E-state index contributed by atoms with van der Waals surface area (Å²) >= 11 is 0. The van der Waals surface area contributed by atoms with Crippen LogP contribution in [0.5, 0.6) is 0 Å². The van der Waals surface area contributed by atoms with Crippen LogP contribution in [0, 0.1) is 18.8 Å². The summed E-state index contributed by atoms with van der Waals surface area (Å²) in [6, 6.07) is 5.86. The third kappa shape index (κ3) is 4.34. The molecule has 0 saturated carbocycles. The minimum atomic E-state index is 0.113. The SMILES string of the molecule is Cc1ccc(C#CCN)c(C(=O)N2CCCCCCC2)c1. The van der Waals surface area contributed by atoms with E-state index in [9.17, 15) is 4.79 Å². The fourth-order valence-electron chi connectivity index (χ4n) is 2.71. The lowest BCUT2D eigenvalue weighted by Crippen LogP contribution is -2.34. The molecule has 21 heavy (non-hydrogen) atoms. The van der Waals surface area contributed by atoms with Gasteiger partial charge in [0.05, 0.1) is 12.1 Å². The number of aryl methyl sites for hydroxylation is 1. The highest BCUT2D eigenvalue weighted by molar-refractivity contribution is 5.97. The van der Waals surface area contributed by atoms with Crippen molar-refractivity contribution < 1.29 is 4.79 Å². The monoisotopic (exact) mass is 284 g/mol. The Labute approximate surface area is 127 Å². The molecule has 2 rings (SSSR count). The Bertz CT molecular complexity index is 546. The van der Waals surface area contributed by atoms with Crippen LogP contribution in [0.3, 0.4) is 0 Å². The van der Waals surface area contributed by atoms with Crippen LogP contribution in [-0.4, -0.2) is 30.4 Å². The van der Waals surface area contributed by atoms with E-state index in [1.54, 1.807) is 0 Å². The van der Waals surface area contributed by atoms with Crippen LogP contribution in [0.1, 0.15) is 53.6 Å². The molecule has 3 nitrogen and oxygen atoms in total. The van der Waals surface area contributed by atoms with Gasteiger partial charge in [-0.2, -0.15) is 0 Å². The van der Waals surface area contributed by atoms with Crippen LogP contribution in [0.4, 0.5) is 0 Å². The molecule has 0 aromatic heterocycles. The van der Waals surface area contributed by atoms with Gasteiger partial charge in [0.2, 0.25) is 0 Å². The quantitative estimate of drug-likeness (QED) is 0.806. The van der Waals surface area contributed by atoms with Crippen LogP contribution in [0.2, 0.25) is 0 Å². The van der Waals surface area contributed by atoms with Crippen LogP contribution < -0.4 is 5.73 Å². The second kappa shape index (κ2) is 7.85. The highest BCUT2D eigenvalue weighted by atomic mass is 16.2. The van der Waals surface area contributed by atoms with Gasteiger partial charge in [-0.1, -0.05) is 42.7 Å². The molecule has 1 amide bonds. The third-order valence-electron chi connectivity index (χ3n) is 3.87. The summed E-state index contributed by atoms with van der Waals surface area (Å²) in [5.41, 5.74) is 8.04. The molecular weight excluding hydrogens is 260 g/mol. The Morgan fingerprint density at radius 1 is 1.19 bits per heavy atom. The fraction of sp³-hybridized carbons (Fsp3) is 0.500. The number of amides is 1. The minimum Gasteiger partial charge on any atom is -0.339 e. The van der Waals surface area contributed by atoms with E-state index in [-0.39, 0.29) is 5.91 Å². The molecule has 2 N–H and O–H groups in total. The van der Waals surface area contributed by atoms with E-state index in [0.717, 1.165) is 42.6 Å². The van der Waals surface area contributed by atoms with Gasteiger partial charge < -0.3 is 10.6 Å². The van der Waals surface area contributed by atoms with Crippen LogP contribution in [0.25, 0.3) is 0 Å². The first-order valence-corrected chi connectivity index (χ1v) is 7.81. The number of carbonyl (C=O) groups is 1. The fourth-order valence-corrected chi connectivity index (χ4v) is 2.71. The van der Waals surface area contributed by atoms with Gasteiger partial charge in [0, 0.05) is 18.7 Å². The van der Waals surface area contributed by atoms with E-state index in [0.29, 0.717) is 6.54 Å². The maximum atomic E-state index is 12.8. The standard InChI is InChI=1S/C18H24N2O/c1-15-9-10-16(8-7-11-19)17(14-15)18(21)20-12-5-3-2-4-6-13-20/h9-10,14H,2-6,11-13,19H2,1H3. The summed E-state index contributed by atoms with van der Waals surface area (Å²) in [6.07, 6.45) is 5.93. The summed E-state index contributed by atoms with van der Waals surface area (Å²) < 4.78 is 0. The van der Waals surface area contributed by atoms with Crippen molar-refractivity contribution >= 4 is 5.91 Å². The maximum absolute atomic E-state index is 12.8. The van der Waals surface area contributed by atoms with Crippen molar-refractivity contribution in [3.05, 3.63) is 34.9 Å². The van der Waals surface area contributed by atoms with Crippen molar-refractivity contribution in [2.24, 2.45) is 5.73 Å². The molecule has 0 aliphatic carbocycles. The van der Waals surface area contributed by atoms with Crippen molar-refractivity contribution in [1.29, 1.82) is 0 Å². The average Bonchev–Trinajstić information content (AvgIpc) is 2.45. The molecular formula is C18H24N2O. The second-order valence-corrected chi connectivity index (χ2v) is 5.61. The lowest BCUT2D eigenvalue weighted by Gasteiger charge is -2.25. The van der Waals surface area contributed by atoms with Gasteiger partial charge in [0.15, 0.2) is 0 Å². The van der Waals surface area contributed by atoms with Gasteiger partial charge in [-0.05, 0) is 31.9 Å². The Morgan fingerprint density at radius 2 is 1.86 bits per heavy atom. The molecule has 1 aromatic carbocycles. The number of carbonyl (C=O) groups excluding carboxylic acids is 1. The molecule has 1 aliphatic rings. The van der Waals surface area contributed by atoms with Gasteiger partial charge in [-0.25, -0.2) is 0 Å². The van der Waals surface area contributed by atoms with Gasteiger partial charge in [-0.15, -0.1) is 0 Å². The first kappa shape index (κ1) is 15.6. The predicted octanol–water partition coefficient (Wildman–Crippen LogP) is 2.71. The minimum absolute atomic E-state index is 0.113. The summed E-state index contributed by atoms with van der Waals surface area (Å²) in [5, 5.41) is 0. The van der Waals surface area contributed by atoms with Crippen molar-refractivity contribution in [1.82, 2.24) is 4.90 Å². The number of benzene rings is 1. The normalized spacial score (nSPS) is 15.6. The maximum Gasteiger partial charge on any atom is 0.255 e. The lowest BCUT2D eigenvalue weighted by molar-refractivity contribution is 0.0742. The predicted molar refractivity (Wildman–Crippen MR) is 86.1 cm³/mol. The molecule has 1 saturated heterocycles. The average molecular weight is 284 g/mol. The van der Waals surface area contributed by atoms with Crippen LogP contribution in [-0.2, 0) is 0 Å². The van der Waals surface area contributed by atoms with Crippen LogP contribution in [0.15, 0.2) is 18.2 Å². The number of hydrogen-bond acceptors (Lipinski definition) is 2. The first-order valence-electron chi connectivity index (χ1n) is 7.81. The van der Waals surface area contributed by atoms with E-state index in [4.69, 9.17) is 5.73 Å². The van der Waals surface area contributed by atoms with E-state index >= 15 is 0 Å². The molecule has 112 valence electrons. The summed E-state index contributed by atoms with van der Waals surface area (Å²) in [4.78, 5) is 14.8. The van der Waals surface area contributed by atoms with Crippen molar-refractivity contribution in [3.63, 3.8) is 0 Å². The Kier molecular flexibility index (Phi) is 5.83. The second-order valence-electron chi connectivity index (χ2n) is 5.61. The number of likely N-dealkylation sites (tertiary alicyclic amines) is 1. The van der Waals surface area contributed by atoms with E-state index in [1.165, 1.54) is 19.3 Å². The highest BCUT2D eigenvalue weighted by Crippen LogP contribution is 2.17. The summed E-state index contributed by atoms with van der Waals surface area (Å²) in [7, 11) is 0. The summed E-state index contributed by atoms with van der Waals surface area (Å²) in [6.45, 7) is 4.03. The zero-order chi connectivity index (χ0) is 15.1. The van der Waals surface area contributed by atoms with Gasteiger partial charge in [-0.3, -0.25) is 4.79 Å². The first-order chi connectivity index (χ1) is 10.2. The molecule has 1 heterocycles.